The van der Waals surface area contributed by atoms with Gasteiger partial charge in [0.2, 0.25) is 0 Å². The lowest BCUT2D eigenvalue weighted by atomic mass is 10.0. The number of hydrogen-bond donors (Lipinski definition) is 0. The molecule has 154 valence electrons. The fraction of sp³-hybridized carbons (Fsp3) is 0. The summed E-state index contributed by atoms with van der Waals surface area (Å²) in [6.07, 6.45) is 3.82. The van der Waals surface area contributed by atoms with Crippen LogP contribution in [0.2, 0.25) is 0 Å². The Kier molecular flexibility index (Phi) is 3.45. The third-order valence-corrected chi connectivity index (χ3v) is 9.17. The van der Waals surface area contributed by atoms with Crippen LogP contribution in [0.3, 0.4) is 0 Å². The minimum absolute atomic E-state index is 1.10. The van der Waals surface area contributed by atoms with Gasteiger partial charge in [-0.3, -0.25) is 4.98 Å². The van der Waals surface area contributed by atoms with Crippen molar-refractivity contribution in [1.29, 1.82) is 0 Å². The summed E-state index contributed by atoms with van der Waals surface area (Å²) in [4.78, 5) is 4.47. The molecule has 0 bridgehead atoms. The highest BCUT2D eigenvalue weighted by molar-refractivity contribution is 7.33. The maximum Gasteiger partial charge on any atom is 0.0645 e. The minimum Gasteiger partial charge on any atom is -0.307 e. The summed E-state index contributed by atoms with van der Waals surface area (Å²) in [5.41, 5.74) is 3.60. The van der Waals surface area contributed by atoms with Crippen molar-refractivity contribution in [3.8, 4) is 5.69 Å². The van der Waals surface area contributed by atoms with Crippen molar-refractivity contribution in [2.45, 2.75) is 0 Å². The highest BCUT2D eigenvalue weighted by Crippen LogP contribution is 2.51. The Morgan fingerprint density at radius 3 is 1.94 bits per heavy atom. The van der Waals surface area contributed by atoms with Gasteiger partial charge >= 0.3 is 0 Å². The van der Waals surface area contributed by atoms with E-state index in [1.165, 1.54) is 62.2 Å². The zero-order chi connectivity index (χ0) is 21.5. The Bertz CT molecular complexity index is 2020. The number of hydrogen-bond acceptors (Lipinski definition) is 3. The minimum atomic E-state index is 1.10. The Morgan fingerprint density at radius 1 is 0.576 bits per heavy atom. The average Bonchev–Trinajstić information content (AvgIpc) is 3.54. The first-order chi connectivity index (χ1) is 16.4. The third-order valence-electron chi connectivity index (χ3n) is 6.66. The van der Waals surface area contributed by atoms with Crippen LogP contribution < -0.4 is 0 Å². The van der Waals surface area contributed by atoms with E-state index >= 15 is 0 Å². The number of nitrogens with zero attached hydrogens (tertiary/aromatic N) is 2. The van der Waals surface area contributed by atoms with Crippen LogP contribution in [0.15, 0.2) is 97.3 Å². The molecule has 0 N–H and O–H groups in total. The molecule has 0 aliphatic carbocycles. The second kappa shape index (κ2) is 6.41. The number of fused-ring (bicyclic) bond motifs is 12. The van der Waals surface area contributed by atoms with Crippen LogP contribution in [-0.4, -0.2) is 9.55 Å². The van der Waals surface area contributed by atoms with Gasteiger partial charge < -0.3 is 4.57 Å². The number of para-hydroxylation sites is 1. The summed E-state index contributed by atoms with van der Waals surface area (Å²) in [6, 6.07) is 30.7. The zero-order valence-corrected chi connectivity index (χ0v) is 19.1. The normalized spacial score (nSPS) is 12.2. The van der Waals surface area contributed by atoms with Gasteiger partial charge in [-0.05, 0) is 30.3 Å². The van der Waals surface area contributed by atoms with Crippen LogP contribution in [0.5, 0.6) is 0 Å². The summed E-state index contributed by atoms with van der Waals surface area (Å²) < 4.78 is 7.88. The lowest BCUT2D eigenvalue weighted by molar-refractivity contribution is 1.15. The Morgan fingerprint density at radius 2 is 1.21 bits per heavy atom. The van der Waals surface area contributed by atoms with Crippen LogP contribution in [0.25, 0.3) is 67.8 Å². The number of aromatic nitrogens is 2. The molecule has 0 saturated carbocycles. The quantitative estimate of drug-likeness (QED) is 0.241. The number of thiophene rings is 2. The lowest BCUT2D eigenvalue weighted by Crippen LogP contribution is -1.94. The van der Waals surface area contributed by atoms with E-state index in [0.717, 1.165) is 5.69 Å². The van der Waals surface area contributed by atoms with E-state index in [4.69, 9.17) is 0 Å². The molecule has 0 atom stereocenters. The van der Waals surface area contributed by atoms with E-state index in [0.29, 0.717) is 0 Å². The molecule has 0 spiro atoms. The van der Waals surface area contributed by atoms with Crippen molar-refractivity contribution in [2.75, 3.05) is 0 Å². The van der Waals surface area contributed by atoms with Gasteiger partial charge in [0.25, 0.3) is 0 Å². The SMILES string of the molecule is c1cncc(-n2c3ccccc3c3c4c5ccccc5sc4c4sc5ccccc5c4c32)c1. The van der Waals surface area contributed by atoms with Gasteiger partial charge in [0.05, 0.1) is 32.3 Å². The van der Waals surface area contributed by atoms with Crippen LogP contribution >= 0.6 is 22.7 Å². The topological polar surface area (TPSA) is 17.8 Å². The summed E-state index contributed by atoms with van der Waals surface area (Å²) in [7, 11) is 0. The first-order valence-electron chi connectivity index (χ1n) is 11.0. The van der Waals surface area contributed by atoms with E-state index in [1.807, 2.05) is 41.1 Å². The maximum atomic E-state index is 4.47. The van der Waals surface area contributed by atoms with Crippen molar-refractivity contribution in [2.24, 2.45) is 0 Å². The van der Waals surface area contributed by atoms with E-state index in [1.54, 1.807) is 0 Å². The van der Waals surface area contributed by atoms with Gasteiger partial charge in [0.1, 0.15) is 0 Å². The molecular formula is C29H16N2S2. The Balaban J connectivity index is 1.81. The molecule has 0 saturated heterocycles. The molecular weight excluding hydrogens is 440 g/mol. The molecule has 0 aliphatic rings. The van der Waals surface area contributed by atoms with Gasteiger partial charge in [-0.25, -0.2) is 0 Å². The molecule has 4 heteroatoms. The van der Waals surface area contributed by atoms with Gasteiger partial charge in [0.15, 0.2) is 0 Å². The van der Waals surface area contributed by atoms with E-state index in [9.17, 15) is 0 Å². The van der Waals surface area contributed by atoms with Gasteiger partial charge in [-0.15, -0.1) is 22.7 Å². The zero-order valence-electron chi connectivity index (χ0n) is 17.4. The highest BCUT2D eigenvalue weighted by atomic mass is 32.1. The van der Waals surface area contributed by atoms with E-state index in [2.05, 4.69) is 88.4 Å². The lowest BCUT2D eigenvalue weighted by Gasteiger charge is -2.09. The molecule has 0 fully saturated rings. The van der Waals surface area contributed by atoms with Crippen molar-refractivity contribution in [3.05, 3.63) is 97.3 Å². The third kappa shape index (κ3) is 2.24. The fourth-order valence-electron chi connectivity index (χ4n) is 5.38. The smallest absolute Gasteiger partial charge is 0.0645 e. The first kappa shape index (κ1) is 17.8. The van der Waals surface area contributed by atoms with Crippen LogP contribution in [0.1, 0.15) is 0 Å². The number of rotatable bonds is 1. The Labute approximate surface area is 196 Å². The van der Waals surface area contributed by atoms with E-state index < -0.39 is 0 Å². The van der Waals surface area contributed by atoms with Gasteiger partial charge in [-0.2, -0.15) is 0 Å². The van der Waals surface area contributed by atoms with Crippen molar-refractivity contribution >= 4 is 84.8 Å². The molecule has 0 amide bonds. The molecule has 8 rings (SSSR count). The summed E-state index contributed by atoms with van der Waals surface area (Å²) in [5, 5.41) is 8.04. The molecule has 8 aromatic rings. The maximum absolute atomic E-state index is 4.47. The predicted octanol–water partition coefficient (Wildman–Crippen LogP) is 8.91. The molecule has 0 aliphatic heterocycles. The molecule has 4 aromatic heterocycles. The van der Waals surface area contributed by atoms with Gasteiger partial charge in [0, 0.05) is 47.9 Å². The fourth-order valence-corrected chi connectivity index (χ4v) is 7.93. The number of pyridine rings is 1. The molecule has 33 heavy (non-hydrogen) atoms. The summed E-state index contributed by atoms with van der Waals surface area (Å²) in [6.45, 7) is 0. The molecule has 0 radical (unpaired) electrons. The molecule has 4 heterocycles. The summed E-state index contributed by atoms with van der Waals surface area (Å²) >= 11 is 3.84. The standard InChI is InChI=1S/C29H16N2S2/c1-4-12-21-18(9-1)24-25-19-10-2-5-13-22(19)32-28(25)29-26(20-11-3-6-14-23(20)33-29)27(24)31(21)17-8-7-15-30-16-17/h1-16H. The van der Waals surface area contributed by atoms with Crippen molar-refractivity contribution in [1.82, 2.24) is 9.55 Å². The van der Waals surface area contributed by atoms with Crippen LogP contribution in [0, 0.1) is 0 Å². The highest BCUT2D eigenvalue weighted by Gasteiger charge is 2.24. The molecule has 4 aromatic carbocycles. The monoisotopic (exact) mass is 456 g/mol. The van der Waals surface area contributed by atoms with Crippen molar-refractivity contribution in [3.63, 3.8) is 0 Å². The van der Waals surface area contributed by atoms with Crippen molar-refractivity contribution < 1.29 is 0 Å². The largest absolute Gasteiger partial charge is 0.307 e. The van der Waals surface area contributed by atoms with E-state index in [-0.39, 0.29) is 0 Å². The first-order valence-corrected chi connectivity index (χ1v) is 12.6. The van der Waals surface area contributed by atoms with Crippen LogP contribution in [-0.2, 0) is 0 Å². The summed E-state index contributed by atoms with van der Waals surface area (Å²) in [5.74, 6) is 0. The second-order valence-electron chi connectivity index (χ2n) is 8.39. The molecule has 0 unspecified atom stereocenters. The predicted molar refractivity (Wildman–Crippen MR) is 144 cm³/mol. The van der Waals surface area contributed by atoms with Crippen LogP contribution in [0.4, 0.5) is 0 Å². The molecule has 2 nitrogen and oxygen atoms in total. The Hall–Kier alpha value is -3.73. The average molecular weight is 457 g/mol. The number of benzene rings is 4. The van der Waals surface area contributed by atoms with Gasteiger partial charge in [-0.1, -0.05) is 54.6 Å². The second-order valence-corrected chi connectivity index (χ2v) is 10.5.